The van der Waals surface area contributed by atoms with Gasteiger partial charge in [-0.3, -0.25) is 0 Å². The molecular formula is C22H18BrF3N3O3+. The summed E-state index contributed by atoms with van der Waals surface area (Å²) in [5.74, 6) is -0.687. The summed E-state index contributed by atoms with van der Waals surface area (Å²) in [6.07, 6.45) is -4.58. The molecule has 32 heavy (non-hydrogen) atoms. The number of ether oxygens (including phenoxy) is 1. The molecule has 10 heteroatoms. The highest BCUT2D eigenvalue weighted by Gasteiger charge is 2.41. The number of nitriles is 1. The van der Waals surface area contributed by atoms with Gasteiger partial charge < -0.3 is 9.84 Å². The normalized spacial score (nSPS) is 16.4. The molecule has 3 rings (SSSR count). The zero-order chi connectivity index (χ0) is 23.5. The fourth-order valence-corrected chi connectivity index (χ4v) is 3.91. The summed E-state index contributed by atoms with van der Waals surface area (Å²) < 4.78 is 46.1. The standard InChI is InChI=1S/C22H17BrF3N3O3/c1-2-32-20(30)18-17(11-23)29(16-5-3-4-15(10-16)22(24,25)26)21(31)28-19(18)14-8-6-13(12-27)7-9-14/h3-10,19H,2,11H2,1H3,(H,28,31)/p+1. The van der Waals surface area contributed by atoms with E-state index in [9.17, 15) is 23.1 Å². The maximum Gasteiger partial charge on any atom is 0.452 e. The van der Waals surface area contributed by atoms with Crippen molar-refractivity contribution < 1.29 is 32.4 Å². The Kier molecular flexibility index (Phi) is 6.89. The average molecular weight is 509 g/mol. The van der Waals surface area contributed by atoms with E-state index < -0.39 is 29.8 Å². The van der Waals surface area contributed by atoms with Crippen LogP contribution >= 0.6 is 15.9 Å². The van der Waals surface area contributed by atoms with Crippen LogP contribution in [0, 0.1) is 11.3 Å². The van der Waals surface area contributed by atoms with Crippen molar-refractivity contribution in [3.8, 4) is 6.07 Å². The second kappa shape index (κ2) is 9.44. The second-order valence-corrected chi connectivity index (χ2v) is 7.29. The van der Waals surface area contributed by atoms with Crippen LogP contribution in [-0.4, -0.2) is 33.6 Å². The van der Waals surface area contributed by atoms with Crippen LogP contribution in [0.1, 0.15) is 29.7 Å². The van der Waals surface area contributed by atoms with E-state index in [4.69, 9.17) is 10.00 Å². The minimum Gasteiger partial charge on any atom is -0.462 e. The molecule has 0 spiro atoms. The van der Waals surface area contributed by atoms with Crippen LogP contribution in [0.25, 0.3) is 0 Å². The first-order valence-electron chi connectivity index (χ1n) is 9.47. The van der Waals surface area contributed by atoms with E-state index in [1.807, 2.05) is 6.07 Å². The lowest BCUT2D eigenvalue weighted by molar-refractivity contribution is -0.400. The predicted molar refractivity (Wildman–Crippen MR) is 113 cm³/mol. The average Bonchev–Trinajstić information content (AvgIpc) is 2.78. The summed E-state index contributed by atoms with van der Waals surface area (Å²) >= 11 is 3.29. The highest BCUT2D eigenvalue weighted by molar-refractivity contribution is 9.09. The minimum atomic E-state index is -4.58. The highest BCUT2D eigenvalue weighted by atomic mass is 79.9. The Balaban J connectivity index is 2.20. The lowest BCUT2D eigenvalue weighted by Crippen LogP contribution is -2.43. The Bertz CT molecular complexity index is 1140. The first-order valence-corrected chi connectivity index (χ1v) is 10.6. The quantitative estimate of drug-likeness (QED) is 0.347. The molecule has 1 atom stereocenters. The molecule has 0 amide bonds. The van der Waals surface area contributed by atoms with Gasteiger partial charge in [0, 0.05) is 5.56 Å². The van der Waals surface area contributed by atoms with Crippen molar-refractivity contribution in [3.05, 3.63) is 76.5 Å². The van der Waals surface area contributed by atoms with E-state index >= 15 is 0 Å². The number of alkyl halides is 4. The highest BCUT2D eigenvalue weighted by Crippen LogP contribution is 2.36. The number of amidine groups is 1. The van der Waals surface area contributed by atoms with Crippen LogP contribution in [0.2, 0.25) is 0 Å². The molecular weight excluding hydrogens is 491 g/mol. The molecule has 2 aromatic carbocycles. The third kappa shape index (κ3) is 4.62. The molecule has 2 N–H and O–H groups in total. The fraction of sp³-hybridized carbons (Fsp3) is 0.227. The Labute approximate surface area is 190 Å². The van der Waals surface area contributed by atoms with E-state index in [0.717, 1.165) is 16.7 Å². The van der Waals surface area contributed by atoms with Crippen molar-refractivity contribution in [2.45, 2.75) is 19.1 Å². The number of benzene rings is 2. The summed E-state index contributed by atoms with van der Waals surface area (Å²) in [5, 5.41) is 22.6. The SMILES string of the molecule is CCOC(=O)C1=C(CBr)[N+](c2cccc(C(F)(F)F)c2)=C(O)NC1c1ccc(C#N)cc1. The van der Waals surface area contributed by atoms with Crippen LogP contribution in [0.4, 0.5) is 18.9 Å². The monoisotopic (exact) mass is 508 g/mol. The van der Waals surface area contributed by atoms with Crippen molar-refractivity contribution >= 4 is 33.6 Å². The zero-order valence-electron chi connectivity index (χ0n) is 16.8. The van der Waals surface area contributed by atoms with Crippen LogP contribution in [0.3, 0.4) is 0 Å². The van der Waals surface area contributed by atoms with Gasteiger partial charge in [0.15, 0.2) is 6.04 Å². The van der Waals surface area contributed by atoms with Gasteiger partial charge in [-0.1, -0.05) is 34.1 Å². The number of hydrogen-bond acceptors (Lipinski definition) is 4. The molecule has 0 fully saturated rings. The smallest absolute Gasteiger partial charge is 0.452 e. The molecule has 1 unspecified atom stereocenters. The maximum absolute atomic E-state index is 13.2. The zero-order valence-corrected chi connectivity index (χ0v) is 18.4. The molecule has 0 saturated carbocycles. The van der Waals surface area contributed by atoms with Gasteiger partial charge in [-0.05, 0) is 37.3 Å². The Morgan fingerprint density at radius 3 is 2.53 bits per heavy atom. The molecule has 0 aromatic heterocycles. The van der Waals surface area contributed by atoms with Crippen molar-refractivity contribution in [3.63, 3.8) is 0 Å². The lowest BCUT2D eigenvalue weighted by atomic mass is 9.94. The second-order valence-electron chi connectivity index (χ2n) is 6.73. The van der Waals surface area contributed by atoms with Gasteiger partial charge in [0.1, 0.15) is 17.0 Å². The molecule has 0 aliphatic carbocycles. The number of hydrogen-bond donors (Lipinski definition) is 2. The van der Waals surface area contributed by atoms with Gasteiger partial charge in [-0.2, -0.15) is 23.0 Å². The number of carbonyl (C=O) groups excluding carboxylic acids is 1. The molecule has 1 heterocycles. The number of nitrogens with one attached hydrogen (secondary N) is 1. The number of rotatable bonds is 5. The van der Waals surface area contributed by atoms with Crippen LogP contribution in [0.15, 0.2) is 59.8 Å². The number of esters is 1. The molecule has 2 aromatic rings. The number of carbonyl (C=O) groups is 1. The lowest BCUT2D eigenvalue weighted by Gasteiger charge is -2.25. The van der Waals surface area contributed by atoms with Gasteiger partial charge in [-0.25, -0.2) is 10.1 Å². The van der Waals surface area contributed by atoms with Crippen molar-refractivity contribution in [2.75, 3.05) is 11.9 Å². The molecule has 0 radical (unpaired) electrons. The Hall–Kier alpha value is -3.32. The van der Waals surface area contributed by atoms with Gasteiger partial charge in [0.2, 0.25) is 0 Å². The van der Waals surface area contributed by atoms with Crippen LogP contribution in [0.5, 0.6) is 0 Å². The first-order chi connectivity index (χ1) is 15.2. The van der Waals surface area contributed by atoms with E-state index in [-0.39, 0.29) is 28.9 Å². The maximum atomic E-state index is 13.2. The van der Waals surface area contributed by atoms with E-state index in [1.54, 1.807) is 31.2 Å². The summed E-state index contributed by atoms with van der Waals surface area (Å²) in [7, 11) is 0. The first kappa shape index (κ1) is 23.3. The predicted octanol–water partition coefficient (Wildman–Crippen LogP) is 4.69. The van der Waals surface area contributed by atoms with Gasteiger partial charge in [-0.15, -0.1) is 0 Å². The molecule has 0 bridgehead atoms. The number of allylic oxidation sites excluding steroid dienone is 1. The third-order valence-electron chi connectivity index (χ3n) is 4.78. The third-order valence-corrected chi connectivity index (χ3v) is 5.31. The van der Waals surface area contributed by atoms with Gasteiger partial charge >= 0.3 is 18.2 Å². The summed E-state index contributed by atoms with van der Waals surface area (Å²) in [6.45, 7) is 1.71. The summed E-state index contributed by atoms with van der Waals surface area (Å²) in [5.41, 5.74) is 0.409. The largest absolute Gasteiger partial charge is 0.462 e. The number of aliphatic hydroxyl groups is 1. The molecule has 166 valence electrons. The number of nitrogens with zero attached hydrogens (tertiary/aromatic N) is 2. The van der Waals surface area contributed by atoms with Crippen molar-refractivity contribution in [1.82, 2.24) is 5.32 Å². The minimum absolute atomic E-state index is 0.0133. The molecule has 1 aliphatic heterocycles. The van der Waals surface area contributed by atoms with Crippen LogP contribution < -0.4 is 5.32 Å². The Morgan fingerprint density at radius 2 is 1.97 bits per heavy atom. The van der Waals surface area contributed by atoms with Gasteiger partial charge in [0.25, 0.3) is 0 Å². The number of halogens is 4. The summed E-state index contributed by atoms with van der Waals surface area (Å²) in [6, 6.07) is 11.5. The van der Waals surface area contributed by atoms with Crippen LogP contribution in [-0.2, 0) is 15.7 Å². The van der Waals surface area contributed by atoms with E-state index in [1.165, 1.54) is 12.1 Å². The van der Waals surface area contributed by atoms with Crippen molar-refractivity contribution in [2.24, 2.45) is 0 Å². The van der Waals surface area contributed by atoms with E-state index in [0.29, 0.717) is 11.1 Å². The van der Waals surface area contributed by atoms with Crippen molar-refractivity contribution in [1.29, 1.82) is 5.26 Å². The fourth-order valence-electron chi connectivity index (χ4n) is 3.36. The topological polar surface area (TPSA) is 85.4 Å². The molecule has 6 nitrogen and oxygen atoms in total. The van der Waals surface area contributed by atoms with Gasteiger partial charge in [0.05, 0.1) is 29.1 Å². The molecule has 1 aliphatic rings. The Morgan fingerprint density at radius 1 is 1.28 bits per heavy atom. The van der Waals surface area contributed by atoms with E-state index in [2.05, 4.69) is 21.2 Å². The molecule has 0 saturated heterocycles. The summed E-state index contributed by atoms with van der Waals surface area (Å²) in [4.78, 5) is 12.9. The number of aliphatic hydroxyl groups excluding tert-OH is 1.